The van der Waals surface area contributed by atoms with Gasteiger partial charge in [-0.3, -0.25) is 9.47 Å². The van der Waals surface area contributed by atoms with Crippen molar-refractivity contribution >= 4 is 40.3 Å². The van der Waals surface area contributed by atoms with Gasteiger partial charge in [-0.1, -0.05) is 23.9 Å². The zero-order chi connectivity index (χ0) is 16.6. The predicted molar refractivity (Wildman–Crippen MR) is 98.3 cm³/mol. The number of carbonyl (C=O) groups is 1. The van der Waals surface area contributed by atoms with E-state index in [1.807, 2.05) is 61.0 Å². The summed E-state index contributed by atoms with van der Waals surface area (Å²) in [7, 11) is 1.63. The van der Waals surface area contributed by atoms with Gasteiger partial charge in [-0.25, -0.2) is 0 Å². The molecule has 1 fully saturated rings. The minimum atomic E-state index is -0.0989. The Morgan fingerprint density at radius 1 is 1.09 bits per heavy atom. The van der Waals surface area contributed by atoms with Gasteiger partial charge in [0.05, 0.1) is 12.0 Å². The molecule has 6 heteroatoms. The van der Waals surface area contributed by atoms with E-state index < -0.39 is 0 Å². The Hall–Kier alpha value is -2.05. The first-order chi connectivity index (χ1) is 11.0. The zero-order valence-electron chi connectivity index (χ0n) is 13.1. The van der Waals surface area contributed by atoms with Crippen LogP contribution in [0.5, 0.6) is 5.75 Å². The summed E-state index contributed by atoms with van der Waals surface area (Å²) in [6, 6.07) is 11.5. The molecule has 1 aliphatic heterocycles. The molecule has 2 aromatic rings. The van der Waals surface area contributed by atoms with Crippen LogP contribution in [-0.4, -0.2) is 22.0 Å². The van der Waals surface area contributed by atoms with Gasteiger partial charge in [-0.15, -0.1) is 0 Å². The Kier molecular flexibility index (Phi) is 4.28. The normalized spacial score (nSPS) is 16.5. The number of nitrogens with zero attached hydrogens (tertiary/aromatic N) is 2. The molecular formula is C17H16N2O2S2. The van der Waals surface area contributed by atoms with Crippen molar-refractivity contribution < 1.29 is 9.53 Å². The summed E-state index contributed by atoms with van der Waals surface area (Å²) in [4.78, 5) is 13.4. The van der Waals surface area contributed by atoms with E-state index in [0.29, 0.717) is 9.23 Å². The Balaban J connectivity index is 1.93. The molecule has 2 heterocycles. The topological polar surface area (TPSA) is 34.5 Å². The van der Waals surface area contributed by atoms with Gasteiger partial charge < -0.3 is 4.74 Å². The van der Waals surface area contributed by atoms with E-state index in [0.717, 1.165) is 22.7 Å². The van der Waals surface area contributed by atoms with Crippen molar-refractivity contribution in [3.05, 3.63) is 58.3 Å². The van der Waals surface area contributed by atoms with Crippen LogP contribution in [0.4, 0.5) is 0 Å². The van der Waals surface area contributed by atoms with E-state index in [-0.39, 0.29) is 5.91 Å². The third-order valence-corrected chi connectivity index (χ3v) is 4.90. The van der Waals surface area contributed by atoms with Crippen LogP contribution in [0.2, 0.25) is 0 Å². The average molecular weight is 344 g/mol. The molecule has 4 nitrogen and oxygen atoms in total. The van der Waals surface area contributed by atoms with Gasteiger partial charge in [0.15, 0.2) is 4.32 Å². The van der Waals surface area contributed by atoms with Crippen molar-refractivity contribution in [2.45, 2.75) is 13.8 Å². The number of benzene rings is 1. The molecule has 1 amide bonds. The summed E-state index contributed by atoms with van der Waals surface area (Å²) >= 11 is 6.72. The summed E-state index contributed by atoms with van der Waals surface area (Å²) in [5, 5.41) is 1.56. The van der Waals surface area contributed by atoms with Crippen LogP contribution in [0.3, 0.4) is 0 Å². The van der Waals surface area contributed by atoms with E-state index in [1.165, 1.54) is 11.8 Å². The summed E-state index contributed by atoms with van der Waals surface area (Å²) in [6.45, 7) is 3.91. The second-order valence-corrected chi connectivity index (χ2v) is 6.87. The van der Waals surface area contributed by atoms with Crippen molar-refractivity contribution in [3.8, 4) is 5.75 Å². The quantitative estimate of drug-likeness (QED) is 0.629. The fourth-order valence-electron chi connectivity index (χ4n) is 2.46. The van der Waals surface area contributed by atoms with E-state index in [4.69, 9.17) is 17.0 Å². The van der Waals surface area contributed by atoms with Crippen molar-refractivity contribution in [2.24, 2.45) is 0 Å². The molecule has 3 rings (SSSR count). The van der Waals surface area contributed by atoms with E-state index in [9.17, 15) is 4.79 Å². The highest BCUT2D eigenvalue weighted by Gasteiger charge is 2.34. The highest BCUT2D eigenvalue weighted by Crippen LogP contribution is 2.32. The SMILES string of the molecule is COc1ccc(/C=C2\SC(=S)N(n3c(C)ccc3C)C2=O)cc1. The molecule has 0 unspecified atom stereocenters. The van der Waals surface area contributed by atoms with E-state index >= 15 is 0 Å². The maximum absolute atomic E-state index is 12.8. The lowest BCUT2D eigenvalue weighted by atomic mass is 10.2. The Morgan fingerprint density at radius 3 is 2.26 bits per heavy atom. The van der Waals surface area contributed by atoms with Crippen LogP contribution < -0.4 is 9.75 Å². The number of ether oxygens (including phenoxy) is 1. The van der Waals surface area contributed by atoms with Gasteiger partial charge in [-0.2, -0.15) is 5.01 Å². The number of thioether (sulfide) groups is 1. The number of hydrogen-bond donors (Lipinski definition) is 0. The molecule has 1 aromatic heterocycles. The van der Waals surface area contributed by atoms with Gasteiger partial charge in [0.25, 0.3) is 5.91 Å². The highest BCUT2D eigenvalue weighted by atomic mass is 32.2. The smallest absolute Gasteiger partial charge is 0.285 e. The number of aryl methyl sites for hydroxylation is 2. The lowest BCUT2D eigenvalue weighted by molar-refractivity contribution is -0.114. The maximum Gasteiger partial charge on any atom is 0.285 e. The molecular weight excluding hydrogens is 328 g/mol. The number of carbonyl (C=O) groups excluding carboxylic acids is 1. The van der Waals surface area contributed by atoms with E-state index in [2.05, 4.69) is 0 Å². The summed E-state index contributed by atoms with van der Waals surface area (Å²) in [5.74, 6) is 0.687. The number of aromatic nitrogens is 1. The van der Waals surface area contributed by atoms with Crippen LogP contribution in [0.25, 0.3) is 6.08 Å². The van der Waals surface area contributed by atoms with Gasteiger partial charge in [0.1, 0.15) is 5.75 Å². The average Bonchev–Trinajstić information content (AvgIpc) is 3.00. The number of rotatable bonds is 3. The van der Waals surface area contributed by atoms with Gasteiger partial charge in [0, 0.05) is 11.4 Å². The van der Waals surface area contributed by atoms with Crippen molar-refractivity contribution in [1.82, 2.24) is 4.68 Å². The molecule has 0 radical (unpaired) electrons. The first kappa shape index (κ1) is 15.8. The number of hydrogen-bond acceptors (Lipinski definition) is 4. The van der Waals surface area contributed by atoms with Gasteiger partial charge in [0.2, 0.25) is 0 Å². The minimum Gasteiger partial charge on any atom is -0.497 e. The van der Waals surface area contributed by atoms with Crippen LogP contribution in [0, 0.1) is 13.8 Å². The van der Waals surface area contributed by atoms with E-state index in [1.54, 1.807) is 12.1 Å². The molecule has 0 aliphatic carbocycles. The molecule has 0 atom stereocenters. The monoisotopic (exact) mass is 344 g/mol. The summed E-state index contributed by atoms with van der Waals surface area (Å²) < 4.78 is 7.54. The second-order valence-electron chi connectivity index (χ2n) is 5.19. The molecule has 0 N–H and O–H groups in total. The molecule has 1 saturated heterocycles. The van der Waals surface area contributed by atoms with Crippen LogP contribution in [0.1, 0.15) is 17.0 Å². The fraction of sp³-hybridized carbons (Fsp3) is 0.176. The predicted octanol–water partition coefficient (Wildman–Crippen LogP) is 3.65. The largest absolute Gasteiger partial charge is 0.497 e. The van der Waals surface area contributed by atoms with Crippen LogP contribution >= 0.6 is 24.0 Å². The second kappa shape index (κ2) is 6.22. The summed E-state index contributed by atoms with van der Waals surface area (Å²) in [5.41, 5.74) is 2.89. The number of methoxy groups -OCH3 is 1. The Morgan fingerprint density at radius 2 is 1.70 bits per heavy atom. The zero-order valence-corrected chi connectivity index (χ0v) is 14.7. The number of amides is 1. The standard InChI is InChI=1S/C17H16N2O2S2/c1-11-4-5-12(2)18(11)19-16(20)15(23-17(19)22)10-13-6-8-14(21-3)9-7-13/h4-10H,1-3H3/b15-10-. The lowest BCUT2D eigenvalue weighted by Crippen LogP contribution is -2.39. The third-order valence-electron chi connectivity index (χ3n) is 3.62. The molecule has 118 valence electrons. The summed E-state index contributed by atoms with van der Waals surface area (Å²) in [6.07, 6.45) is 1.85. The van der Waals surface area contributed by atoms with Crippen molar-refractivity contribution in [3.63, 3.8) is 0 Å². The maximum atomic E-state index is 12.8. The molecule has 1 aliphatic rings. The Bertz CT molecular complexity index is 787. The van der Waals surface area contributed by atoms with Gasteiger partial charge >= 0.3 is 0 Å². The minimum absolute atomic E-state index is 0.0989. The first-order valence-corrected chi connectivity index (χ1v) is 8.31. The molecule has 0 saturated carbocycles. The highest BCUT2D eigenvalue weighted by molar-refractivity contribution is 8.27. The first-order valence-electron chi connectivity index (χ1n) is 7.08. The van der Waals surface area contributed by atoms with Crippen LogP contribution in [-0.2, 0) is 4.79 Å². The number of thiocarbonyl (C=S) groups is 1. The Labute approximate surface area is 144 Å². The molecule has 23 heavy (non-hydrogen) atoms. The molecule has 0 bridgehead atoms. The molecule has 1 aromatic carbocycles. The van der Waals surface area contributed by atoms with Crippen molar-refractivity contribution in [2.75, 3.05) is 12.1 Å². The lowest BCUT2D eigenvalue weighted by Gasteiger charge is -2.20. The third kappa shape index (κ3) is 2.92. The fourth-order valence-corrected chi connectivity index (χ4v) is 3.70. The molecule has 0 spiro atoms. The van der Waals surface area contributed by atoms with Crippen molar-refractivity contribution in [1.29, 1.82) is 0 Å². The van der Waals surface area contributed by atoms with Crippen LogP contribution in [0.15, 0.2) is 41.3 Å². The van der Waals surface area contributed by atoms with Gasteiger partial charge in [-0.05, 0) is 62.0 Å².